The topological polar surface area (TPSA) is 61.8 Å². The van der Waals surface area contributed by atoms with Crippen molar-refractivity contribution in [1.82, 2.24) is 0 Å². The molecule has 0 amide bonds. The van der Waals surface area contributed by atoms with Crippen LogP contribution < -0.4 is 0 Å². The van der Waals surface area contributed by atoms with Crippen LogP contribution >= 0.6 is 39.1 Å². The van der Waals surface area contributed by atoms with Crippen LogP contribution in [0.15, 0.2) is 30.2 Å². The highest BCUT2D eigenvalue weighted by Crippen LogP contribution is 2.41. The van der Waals surface area contributed by atoms with Crippen molar-refractivity contribution < 1.29 is 22.1 Å². The van der Waals surface area contributed by atoms with E-state index < -0.39 is 15.9 Å². The summed E-state index contributed by atoms with van der Waals surface area (Å²) in [5.41, 5.74) is 0.566. The third-order valence-electron chi connectivity index (χ3n) is 2.61. The summed E-state index contributed by atoms with van der Waals surface area (Å²) in [6.45, 7) is -0.251. The Morgan fingerprint density at radius 2 is 2.10 bits per heavy atom. The highest BCUT2D eigenvalue weighted by molar-refractivity contribution is 9.09. The van der Waals surface area contributed by atoms with Gasteiger partial charge in [-0.1, -0.05) is 39.1 Å². The molecule has 9 heteroatoms. The number of hydrogen-bond donors (Lipinski definition) is 0. The Hall–Kier alpha value is -0.470. The van der Waals surface area contributed by atoms with E-state index in [4.69, 9.17) is 32.7 Å². The number of benzene rings is 1. The van der Waals surface area contributed by atoms with Gasteiger partial charge in [-0.25, -0.2) is 0 Å². The summed E-state index contributed by atoms with van der Waals surface area (Å²) in [4.78, 5) is 0. The summed E-state index contributed by atoms with van der Waals surface area (Å²) in [5.74, 6) is -0.941. The molecule has 0 bridgehead atoms. The second kappa shape index (κ2) is 6.34. The summed E-state index contributed by atoms with van der Waals surface area (Å²) >= 11 is 15.3. The molecule has 116 valence electrons. The van der Waals surface area contributed by atoms with Crippen LogP contribution in [-0.2, 0) is 29.6 Å². The average Bonchev–Trinajstić information content (AvgIpc) is 2.80. The minimum absolute atomic E-state index is 0.242. The standard InChI is InChI=1S/C12H11BrCl2O5S/c1-21(16,17)19-6-9-5-18-12(7-13,20-9)10-3-2-8(14)4-11(10)15/h2-5H,6-7H2,1H3. The number of alkyl halides is 1. The Labute approximate surface area is 141 Å². The zero-order valence-electron chi connectivity index (χ0n) is 10.8. The largest absolute Gasteiger partial charge is 0.451 e. The van der Waals surface area contributed by atoms with Crippen molar-refractivity contribution in [2.75, 3.05) is 18.2 Å². The molecule has 1 unspecified atom stereocenters. The predicted molar refractivity (Wildman–Crippen MR) is 83.0 cm³/mol. The monoisotopic (exact) mass is 416 g/mol. The molecule has 21 heavy (non-hydrogen) atoms. The minimum atomic E-state index is -3.57. The maximum Gasteiger partial charge on any atom is 0.288 e. The molecule has 0 saturated heterocycles. The lowest BCUT2D eigenvalue weighted by atomic mass is 10.1. The first-order chi connectivity index (χ1) is 9.76. The van der Waals surface area contributed by atoms with E-state index in [2.05, 4.69) is 20.1 Å². The Morgan fingerprint density at radius 3 is 2.67 bits per heavy atom. The van der Waals surface area contributed by atoms with Gasteiger partial charge in [-0.2, -0.15) is 8.42 Å². The average molecular weight is 418 g/mol. The predicted octanol–water partition coefficient (Wildman–Crippen LogP) is 3.41. The molecule has 0 radical (unpaired) electrons. The van der Waals surface area contributed by atoms with Gasteiger partial charge in [0.25, 0.3) is 15.9 Å². The number of halogens is 3. The van der Waals surface area contributed by atoms with Crippen LogP contribution in [0.25, 0.3) is 0 Å². The van der Waals surface area contributed by atoms with Gasteiger partial charge < -0.3 is 9.47 Å². The minimum Gasteiger partial charge on any atom is -0.451 e. The number of rotatable bonds is 5. The molecule has 0 saturated carbocycles. The van der Waals surface area contributed by atoms with Crippen molar-refractivity contribution in [3.8, 4) is 0 Å². The molecule has 1 aliphatic heterocycles. The van der Waals surface area contributed by atoms with Crippen LogP contribution in [0.3, 0.4) is 0 Å². The lowest BCUT2D eigenvalue weighted by Crippen LogP contribution is -2.30. The van der Waals surface area contributed by atoms with Crippen LogP contribution in [0, 0.1) is 0 Å². The summed E-state index contributed by atoms with van der Waals surface area (Å²) in [6.07, 6.45) is 2.26. The van der Waals surface area contributed by atoms with E-state index in [9.17, 15) is 8.42 Å². The van der Waals surface area contributed by atoms with E-state index in [0.717, 1.165) is 6.26 Å². The molecular weight excluding hydrogens is 407 g/mol. The normalized spacial score (nSPS) is 21.6. The van der Waals surface area contributed by atoms with Gasteiger partial charge in [0.1, 0.15) is 12.9 Å². The van der Waals surface area contributed by atoms with Crippen LogP contribution in [0.2, 0.25) is 10.0 Å². The van der Waals surface area contributed by atoms with E-state index in [1.807, 2.05) is 0 Å². The summed E-state index contributed by atoms with van der Waals surface area (Å²) in [5, 5.41) is 1.14. The molecule has 1 heterocycles. The molecule has 5 nitrogen and oxygen atoms in total. The molecule has 1 aliphatic rings. The van der Waals surface area contributed by atoms with E-state index in [0.29, 0.717) is 15.6 Å². The molecule has 0 aromatic heterocycles. The Balaban J connectivity index is 2.19. The van der Waals surface area contributed by atoms with Crippen LogP contribution in [-0.4, -0.2) is 26.6 Å². The molecule has 1 atom stereocenters. The second-order valence-corrected chi connectivity index (χ2v) is 7.33. The summed E-state index contributed by atoms with van der Waals surface area (Å²) in [7, 11) is -3.57. The summed E-state index contributed by atoms with van der Waals surface area (Å²) in [6, 6.07) is 4.91. The maximum atomic E-state index is 11.0. The second-order valence-electron chi connectivity index (χ2n) is 4.28. The fourth-order valence-electron chi connectivity index (χ4n) is 1.70. The smallest absolute Gasteiger partial charge is 0.288 e. The molecule has 0 fully saturated rings. The number of hydrogen-bond acceptors (Lipinski definition) is 5. The van der Waals surface area contributed by atoms with Crippen molar-refractivity contribution in [3.63, 3.8) is 0 Å². The van der Waals surface area contributed by atoms with Gasteiger partial charge in [-0.3, -0.25) is 4.18 Å². The first kappa shape index (κ1) is 16.9. The molecule has 0 aliphatic carbocycles. The zero-order valence-corrected chi connectivity index (χ0v) is 14.7. The quantitative estimate of drug-likeness (QED) is 0.542. The van der Waals surface area contributed by atoms with Crippen molar-refractivity contribution in [2.24, 2.45) is 0 Å². The van der Waals surface area contributed by atoms with Gasteiger partial charge in [-0.15, -0.1) is 0 Å². The lowest BCUT2D eigenvalue weighted by Gasteiger charge is -2.27. The first-order valence-electron chi connectivity index (χ1n) is 5.67. The van der Waals surface area contributed by atoms with Gasteiger partial charge in [0.05, 0.1) is 22.2 Å². The first-order valence-corrected chi connectivity index (χ1v) is 9.37. The van der Waals surface area contributed by atoms with Crippen molar-refractivity contribution in [2.45, 2.75) is 5.79 Å². The molecule has 0 N–H and O–H groups in total. The van der Waals surface area contributed by atoms with Crippen LogP contribution in [0.4, 0.5) is 0 Å². The lowest BCUT2D eigenvalue weighted by molar-refractivity contribution is -0.137. The highest BCUT2D eigenvalue weighted by Gasteiger charge is 2.42. The molecule has 2 rings (SSSR count). The molecule has 1 aromatic carbocycles. The zero-order chi connectivity index (χ0) is 15.7. The molecular formula is C12H11BrCl2O5S. The van der Waals surface area contributed by atoms with E-state index in [1.165, 1.54) is 6.26 Å². The maximum absolute atomic E-state index is 11.0. The summed E-state index contributed by atoms with van der Waals surface area (Å²) < 4.78 is 37.9. The third-order valence-corrected chi connectivity index (χ3v) is 4.44. The van der Waals surface area contributed by atoms with E-state index in [-0.39, 0.29) is 17.7 Å². The Bertz CT molecular complexity index is 676. The van der Waals surface area contributed by atoms with Gasteiger partial charge in [0.2, 0.25) is 0 Å². The van der Waals surface area contributed by atoms with Crippen molar-refractivity contribution >= 4 is 49.2 Å². The third kappa shape index (κ3) is 4.04. The van der Waals surface area contributed by atoms with Gasteiger partial charge >= 0.3 is 0 Å². The van der Waals surface area contributed by atoms with Gasteiger partial charge in [-0.05, 0) is 18.2 Å². The van der Waals surface area contributed by atoms with E-state index in [1.54, 1.807) is 18.2 Å². The van der Waals surface area contributed by atoms with Crippen LogP contribution in [0.1, 0.15) is 5.56 Å². The number of ether oxygens (including phenoxy) is 2. The van der Waals surface area contributed by atoms with Gasteiger partial charge in [0, 0.05) is 5.02 Å². The molecule has 1 aromatic rings. The Morgan fingerprint density at radius 1 is 1.38 bits per heavy atom. The van der Waals surface area contributed by atoms with Gasteiger partial charge in [0.15, 0.2) is 5.76 Å². The van der Waals surface area contributed by atoms with Crippen molar-refractivity contribution in [1.29, 1.82) is 0 Å². The fourth-order valence-corrected chi connectivity index (χ4v) is 3.13. The Kier molecular flexibility index (Phi) is 5.10. The molecule has 0 spiro atoms. The van der Waals surface area contributed by atoms with Crippen molar-refractivity contribution in [3.05, 3.63) is 45.8 Å². The van der Waals surface area contributed by atoms with Crippen LogP contribution in [0.5, 0.6) is 0 Å². The van der Waals surface area contributed by atoms with E-state index >= 15 is 0 Å². The fraction of sp³-hybridized carbons (Fsp3) is 0.333. The SMILES string of the molecule is CS(=O)(=O)OCC1=COC(CBr)(c2ccc(Cl)cc2Cl)O1. The highest BCUT2D eigenvalue weighted by atomic mass is 79.9.